The summed E-state index contributed by atoms with van der Waals surface area (Å²) in [6.07, 6.45) is -10.6. The van der Waals surface area contributed by atoms with E-state index in [1.807, 2.05) is 0 Å². The SMILES string of the molecule is NS(=O)(=O)c1ccc(C2=CC(C(F)(F)F)(C(F)(F)F)C=C2c2ccc(F)nc2)cc1. The summed E-state index contributed by atoms with van der Waals surface area (Å²) in [5.41, 5.74) is -5.57. The van der Waals surface area contributed by atoms with Gasteiger partial charge in [0.1, 0.15) is 0 Å². The topological polar surface area (TPSA) is 73.1 Å². The van der Waals surface area contributed by atoms with Gasteiger partial charge in [-0.15, -0.1) is 0 Å². The predicted molar refractivity (Wildman–Crippen MR) is 92.5 cm³/mol. The molecule has 0 spiro atoms. The van der Waals surface area contributed by atoms with Crippen LogP contribution in [0.2, 0.25) is 0 Å². The molecule has 4 nitrogen and oxygen atoms in total. The zero-order valence-electron chi connectivity index (χ0n) is 14.6. The molecule has 0 unspecified atom stereocenters. The highest BCUT2D eigenvalue weighted by molar-refractivity contribution is 7.89. The average Bonchev–Trinajstić information content (AvgIpc) is 3.04. The molecule has 0 aliphatic heterocycles. The van der Waals surface area contributed by atoms with Crippen molar-refractivity contribution in [1.82, 2.24) is 4.98 Å². The fourth-order valence-corrected chi connectivity index (χ4v) is 3.49. The van der Waals surface area contributed by atoms with E-state index in [0.717, 1.165) is 42.6 Å². The van der Waals surface area contributed by atoms with Crippen molar-refractivity contribution in [3.05, 3.63) is 71.8 Å². The summed E-state index contributed by atoms with van der Waals surface area (Å²) in [5.74, 6) is -0.974. The summed E-state index contributed by atoms with van der Waals surface area (Å²) in [6.45, 7) is 0. The van der Waals surface area contributed by atoms with Crippen LogP contribution in [0.4, 0.5) is 30.7 Å². The van der Waals surface area contributed by atoms with E-state index in [4.69, 9.17) is 5.14 Å². The number of nitrogens with two attached hydrogens (primary N) is 1. The maximum atomic E-state index is 13.6. The summed E-state index contributed by atoms with van der Waals surface area (Å²) in [7, 11) is -4.13. The first-order valence-electron chi connectivity index (χ1n) is 8.00. The highest BCUT2D eigenvalue weighted by Crippen LogP contribution is 2.59. The number of sulfonamides is 1. The number of hydrogen-bond acceptors (Lipinski definition) is 3. The quantitative estimate of drug-likeness (QED) is 0.552. The smallest absolute Gasteiger partial charge is 0.228 e. The van der Waals surface area contributed by atoms with Gasteiger partial charge in [0.2, 0.25) is 16.0 Å². The number of halogens is 7. The fourth-order valence-electron chi connectivity index (χ4n) is 2.98. The molecule has 3 rings (SSSR count). The van der Waals surface area contributed by atoms with Gasteiger partial charge in [0.25, 0.3) is 0 Å². The molecule has 1 aliphatic carbocycles. The van der Waals surface area contributed by atoms with Crippen LogP contribution in [0, 0.1) is 11.4 Å². The highest BCUT2D eigenvalue weighted by atomic mass is 32.2. The molecule has 1 aliphatic rings. The molecule has 0 fully saturated rings. The Kier molecular flexibility index (Phi) is 5.06. The Morgan fingerprint density at radius 1 is 0.800 bits per heavy atom. The van der Waals surface area contributed by atoms with Crippen LogP contribution in [-0.4, -0.2) is 25.8 Å². The van der Waals surface area contributed by atoms with Crippen LogP contribution < -0.4 is 5.14 Å². The van der Waals surface area contributed by atoms with Crippen LogP contribution in [0.5, 0.6) is 0 Å². The van der Waals surface area contributed by atoms with Gasteiger partial charge in [0, 0.05) is 11.8 Å². The van der Waals surface area contributed by atoms with Crippen LogP contribution in [0.1, 0.15) is 11.1 Å². The molecule has 1 aromatic carbocycles. The third-order valence-corrected chi connectivity index (χ3v) is 5.43. The average molecular weight is 452 g/mol. The van der Waals surface area contributed by atoms with Crippen molar-refractivity contribution >= 4 is 21.2 Å². The minimum atomic E-state index is -5.73. The molecule has 1 aromatic heterocycles. The Labute approximate surface area is 165 Å². The summed E-state index contributed by atoms with van der Waals surface area (Å²) in [5, 5.41) is 4.95. The Morgan fingerprint density at radius 2 is 1.27 bits per heavy atom. The van der Waals surface area contributed by atoms with Crippen molar-refractivity contribution in [3.8, 4) is 0 Å². The number of nitrogens with zero attached hydrogens (tertiary/aromatic N) is 1. The maximum absolute atomic E-state index is 13.6. The number of pyridine rings is 1. The Morgan fingerprint density at radius 3 is 1.67 bits per heavy atom. The summed E-state index contributed by atoms with van der Waals surface area (Å²) >= 11 is 0. The van der Waals surface area contributed by atoms with Crippen LogP contribution in [0.15, 0.2) is 59.6 Å². The van der Waals surface area contributed by atoms with Crippen molar-refractivity contribution in [2.45, 2.75) is 17.2 Å². The monoisotopic (exact) mass is 452 g/mol. The minimum absolute atomic E-state index is 0.00480. The molecular weight excluding hydrogens is 441 g/mol. The molecule has 12 heteroatoms. The van der Waals surface area contributed by atoms with Crippen molar-refractivity contribution in [2.24, 2.45) is 10.6 Å². The van der Waals surface area contributed by atoms with E-state index >= 15 is 0 Å². The van der Waals surface area contributed by atoms with Gasteiger partial charge in [0.05, 0.1) is 4.90 Å². The van der Waals surface area contributed by atoms with Crippen molar-refractivity contribution in [2.75, 3.05) is 0 Å². The summed E-state index contributed by atoms with van der Waals surface area (Å²) in [4.78, 5) is 2.90. The molecule has 0 saturated heterocycles. The van der Waals surface area contributed by atoms with E-state index in [1.165, 1.54) is 0 Å². The van der Waals surface area contributed by atoms with Gasteiger partial charge in [-0.05, 0) is 53.1 Å². The Hall–Kier alpha value is -2.73. The number of rotatable bonds is 3. The highest BCUT2D eigenvalue weighted by Gasteiger charge is 2.70. The summed E-state index contributed by atoms with van der Waals surface area (Å²) < 4.78 is 117. The molecule has 30 heavy (non-hydrogen) atoms. The zero-order valence-corrected chi connectivity index (χ0v) is 15.4. The van der Waals surface area contributed by atoms with Crippen molar-refractivity contribution in [3.63, 3.8) is 0 Å². The molecule has 2 aromatic rings. The fraction of sp³-hybridized carbons (Fsp3) is 0.167. The first kappa shape index (κ1) is 22.0. The summed E-state index contributed by atoms with van der Waals surface area (Å²) in [6, 6.07) is 5.74. The largest absolute Gasteiger partial charge is 0.410 e. The van der Waals surface area contributed by atoms with Gasteiger partial charge >= 0.3 is 12.4 Å². The van der Waals surface area contributed by atoms with E-state index in [2.05, 4.69) is 4.98 Å². The lowest BCUT2D eigenvalue weighted by Crippen LogP contribution is -2.46. The number of primary sulfonamides is 1. The lowest BCUT2D eigenvalue weighted by atomic mass is 9.87. The normalized spacial score (nSPS) is 16.9. The van der Waals surface area contributed by atoms with E-state index < -0.39 is 44.9 Å². The first-order chi connectivity index (χ1) is 13.7. The van der Waals surface area contributed by atoms with Gasteiger partial charge in [-0.3, -0.25) is 0 Å². The molecule has 0 saturated carbocycles. The second-order valence-corrected chi connectivity index (χ2v) is 7.98. The number of benzene rings is 1. The number of alkyl halides is 6. The van der Waals surface area contributed by atoms with Crippen molar-refractivity contribution < 1.29 is 39.2 Å². The van der Waals surface area contributed by atoms with Gasteiger partial charge < -0.3 is 0 Å². The van der Waals surface area contributed by atoms with Crippen LogP contribution >= 0.6 is 0 Å². The molecule has 0 amide bonds. The molecule has 2 N–H and O–H groups in total. The lowest BCUT2D eigenvalue weighted by molar-refractivity contribution is -0.301. The molecule has 0 bridgehead atoms. The third kappa shape index (κ3) is 3.72. The molecule has 160 valence electrons. The van der Waals surface area contributed by atoms with Crippen molar-refractivity contribution in [1.29, 1.82) is 0 Å². The molecule has 1 heterocycles. The second-order valence-electron chi connectivity index (χ2n) is 6.42. The van der Waals surface area contributed by atoms with Crippen LogP contribution in [-0.2, 0) is 10.0 Å². The number of hydrogen-bond donors (Lipinski definition) is 1. The van der Waals surface area contributed by atoms with E-state index in [9.17, 15) is 39.2 Å². The van der Waals surface area contributed by atoms with Gasteiger partial charge in [-0.25, -0.2) is 18.5 Å². The third-order valence-electron chi connectivity index (χ3n) is 4.50. The molecule has 0 radical (unpaired) electrons. The Balaban J connectivity index is 2.26. The van der Waals surface area contributed by atoms with E-state index in [0.29, 0.717) is 0 Å². The molecule has 0 atom stereocenters. The van der Waals surface area contributed by atoms with Gasteiger partial charge in [0.15, 0.2) is 5.41 Å². The molecular formula is C18H11F7N2O2S. The van der Waals surface area contributed by atoms with Crippen LogP contribution in [0.3, 0.4) is 0 Å². The lowest BCUT2D eigenvalue weighted by Gasteiger charge is -2.30. The minimum Gasteiger partial charge on any atom is -0.228 e. The standard InChI is InChI=1S/C18H11F7N2O2S/c19-15-6-3-11(9-27-15)14-8-16(17(20,21)22,18(23,24)25)7-13(14)10-1-4-12(5-2-10)30(26,28)29/h1-9H,(H2,26,28,29). The van der Waals surface area contributed by atoms with Gasteiger partial charge in [-0.1, -0.05) is 12.1 Å². The predicted octanol–water partition coefficient (Wildman–Crippen LogP) is 4.46. The van der Waals surface area contributed by atoms with Crippen LogP contribution in [0.25, 0.3) is 11.1 Å². The van der Waals surface area contributed by atoms with E-state index in [1.54, 1.807) is 0 Å². The second kappa shape index (κ2) is 6.91. The first-order valence-corrected chi connectivity index (χ1v) is 9.55. The number of aromatic nitrogens is 1. The maximum Gasteiger partial charge on any atom is 0.410 e. The zero-order chi connectivity index (χ0) is 22.5. The van der Waals surface area contributed by atoms with E-state index in [-0.39, 0.29) is 28.2 Å². The number of allylic oxidation sites excluding steroid dienone is 4. The van der Waals surface area contributed by atoms with Gasteiger partial charge in [-0.2, -0.15) is 30.7 Å². The Bertz CT molecular complexity index is 1120.